The van der Waals surface area contributed by atoms with E-state index >= 15 is 4.39 Å². The summed E-state index contributed by atoms with van der Waals surface area (Å²) in [6.45, 7) is 1.89. The number of amides is 1. The molecule has 0 aliphatic carbocycles. The van der Waals surface area contributed by atoms with Crippen molar-refractivity contribution in [1.29, 1.82) is 0 Å². The Hall–Kier alpha value is -4.28. The fraction of sp³-hybridized carbons (Fsp3) is 0.233. The Bertz CT molecular complexity index is 1880. The molecular weight excluding hydrogens is 582 g/mol. The van der Waals surface area contributed by atoms with Gasteiger partial charge >= 0.3 is 0 Å². The van der Waals surface area contributed by atoms with E-state index in [1.54, 1.807) is 6.20 Å². The lowest BCUT2D eigenvalue weighted by Crippen LogP contribution is -2.22. The van der Waals surface area contributed by atoms with Crippen LogP contribution in [0.2, 0.25) is 10.2 Å². The zero-order valence-corrected chi connectivity index (χ0v) is 24.2. The van der Waals surface area contributed by atoms with Gasteiger partial charge in [-0.25, -0.2) is 9.07 Å². The third kappa shape index (κ3) is 5.12. The third-order valence-electron chi connectivity index (χ3n) is 7.59. The number of carbonyl (C=O) groups is 1. The van der Waals surface area contributed by atoms with E-state index in [-0.39, 0.29) is 44.4 Å². The van der Waals surface area contributed by atoms with E-state index in [2.05, 4.69) is 20.6 Å². The van der Waals surface area contributed by atoms with Crippen LogP contribution in [0.3, 0.4) is 0 Å². The molecule has 0 unspecified atom stereocenters. The van der Waals surface area contributed by atoms with Crippen LogP contribution < -0.4 is 10.7 Å². The Morgan fingerprint density at radius 3 is 2.71 bits per heavy atom. The summed E-state index contributed by atoms with van der Waals surface area (Å²) in [4.78, 5) is 31.3. The van der Waals surface area contributed by atoms with E-state index < -0.39 is 11.7 Å². The number of benzene rings is 1. The SMILES string of the molecule is C[C@@H]1CCC[C@@H](c2coc(-c3c(-n4cc(Cl)nn4)ccc(Cl)c3F)cc2=O)c2cc(ccn2)-c2c(ccn2C)NC1=O. The molecule has 2 bridgehead atoms. The van der Waals surface area contributed by atoms with Gasteiger partial charge in [-0.1, -0.05) is 41.8 Å². The van der Waals surface area contributed by atoms with Gasteiger partial charge in [-0.15, -0.1) is 5.10 Å². The van der Waals surface area contributed by atoms with Crippen LogP contribution >= 0.6 is 23.2 Å². The molecule has 0 fully saturated rings. The fourth-order valence-electron chi connectivity index (χ4n) is 5.39. The van der Waals surface area contributed by atoms with Gasteiger partial charge < -0.3 is 14.3 Å². The standard InChI is InChI=1S/C30H25Cl2FN6O3/c1-16-4-3-5-18(22-12-17(8-10-34-22)29-21(35-30(16)41)9-11-38(29)2)19-15-42-25(13-24(19)40)27-23(7-6-20(31)28(27)33)39-14-26(32)36-37-39/h6-16,18H,3-5H2,1-2H3,(H,35,41)/t16-,18+/m1/s1. The molecule has 0 saturated carbocycles. The summed E-state index contributed by atoms with van der Waals surface area (Å²) in [5.41, 5.74) is 3.29. The molecule has 4 aromatic heterocycles. The number of hydrogen-bond donors (Lipinski definition) is 1. The molecule has 2 atom stereocenters. The molecule has 1 aliphatic heterocycles. The number of nitrogens with zero attached hydrogens (tertiary/aromatic N) is 5. The van der Waals surface area contributed by atoms with Crippen molar-refractivity contribution in [2.75, 3.05) is 5.32 Å². The monoisotopic (exact) mass is 606 g/mol. The predicted molar refractivity (Wildman–Crippen MR) is 157 cm³/mol. The molecule has 1 amide bonds. The minimum absolute atomic E-state index is 0.0287. The number of rotatable bonds is 3. The number of carbonyl (C=O) groups excluding carboxylic acids is 1. The topological polar surface area (TPSA) is 108 Å². The van der Waals surface area contributed by atoms with Crippen LogP contribution in [0.4, 0.5) is 10.1 Å². The van der Waals surface area contributed by atoms with E-state index in [4.69, 9.17) is 27.6 Å². The Labute approximate surface area is 249 Å². The second-order valence-electron chi connectivity index (χ2n) is 10.3. The summed E-state index contributed by atoms with van der Waals surface area (Å²) < 4.78 is 24.5. The maximum Gasteiger partial charge on any atom is 0.227 e. The van der Waals surface area contributed by atoms with Crippen molar-refractivity contribution < 1.29 is 13.6 Å². The van der Waals surface area contributed by atoms with Crippen LogP contribution in [-0.2, 0) is 11.8 Å². The summed E-state index contributed by atoms with van der Waals surface area (Å²) in [5.74, 6) is -1.53. The molecule has 5 heterocycles. The first-order valence-corrected chi connectivity index (χ1v) is 14.1. The van der Waals surface area contributed by atoms with Crippen molar-refractivity contribution in [3.63, 3.8) is 0 Å². The molecule has 0 radical (unpaired) electrons. The molecule has 9 nitrogen and oxygen atoms in total. The second kappa shape index (κ2) is 11.2. The van der Waals surface area contributed by atoms with E-state index in [1.807, 2.05) is 42.9 Å². The highest BCUT2D eigenvalue weighted by Gasteiger charge is 2.26. The Morgan fingerprint density at radius 2 is 1.95 bits per heavy atom. The lowest BCUT2D eigenvalue weighted by Gasteiger charge is -2.20. The quantitative estimate of drug-likeness (QED) is 0.247. The fourth-order valence-corrected chi connectivity index (χ4v) is 5.67. The van der Waals surface area contributed by atoms with Gasteiger partial charge in [0.1, 0.15) is 5.76 Å². The number of anilines is 1. The van der Waals surface area contributed by atoms with E-state index in [1.165, 1.54) is 35.3 Å². The average molecular weight is 607 g/mol. The molecule has 1 aromatic carbocycles. The van der Waals surface area contributed by atoms with Gasteiger partial charge in [-0.3, -0.25) is 14.6 Å². The number of aryl methyl sites for hydroxylation is 1. The molecule has 12 heteroatoms. The first-order valence-electron chi connectivity index (χ1n) is 13.3. The van der Waals surface area contributed by atoms with Crippen LogP contribution in [0.5, 0.6) is 0 Å². The van der Waals surface area contributed by atoms with Crippen LogP contribution in [0.15, 0.2) is 70.5 Å². The highest BCUT2D eigenvalue weighted by Crippen LogP contribution is 2.37. The first-order chi connectivity index (χ1) is 20.2. The molecule has 0 saturated heterocycles. The van der Waals surface area contributed by atoms with Crippen molar-refractivity contribution in [1.82, 2.24) is 24.5 Å². The lowest BCUT2D eigenvalue weighted by molar-refractivity contribution is -0.119. The maximum atomic E-state index is 15.4. The Balaban J connectivity index is 1.46. The first kappa shape index (κ1) is 27.9. The molecule has 1 N–H and O–H groups in total. The summed E-state index contributed by atoms with van der Waals surface area (Å²) in [5, 5.41) is 10.7. The zero-order chi connectivity index (χ0) is 29.5. The molecular formula is C30H25Cl2FN6O3. The number of nitrogens with one attached hydrogen (secondary N) is 1. The second-order valence-corrected chi connectivity index (χ2v) is 11.1. The van der Waals surface area contributed by atoms with Crippen molar-refractivity contribution in [3.05, 3.63) is 98.7 Å². The predicted octanol–water partition coefficient (Wildman–Crippen LogP) is 6.62. The van der Waals surface area contributed by atoms with E-state index in [0.29, 0.717) is 36.2 Å². The van der Waals surface area contributed by atoms with Gasteiger partial charge in [-0.2, -0.15) is 0 Å². The molecule has 0 spiro atoms. The van der Waals surface area contributed by atoms with E-state index in [9.17, 15) is 9.59 Å². The van der Waals surface area contributed by atoms with Gasteiger partial charge in [0.05, 0.1) is 40.1 Å². The molecule has 1 aliphatic rings. The highest BCUT2D eigenvalue weighted by atomic mass is 35.5. The average Bonchev–Trinajstić information content (AvgIpc) is 3.57. The van der Waals surface area contributed by atoms with Gasteiger partial charge in [-0.05, 0) is 43.2 Å². The summed E-state index contributed by atoms with van der Waals surface area (Å²) in [7, 11) is 1.90. The van der Waals surface area contributed by atoms with Crippen molar-refractivity contribution >= 4 is 34.8 Å². The van der Waals surface area contributed by atoms with Crippen LogP contribution in [0.25, 0.3) is 28.3 Å². The number of halogens is 3. The van der Waals surface area contributed by atoms with E-state index in [0.717, 1.165) is 11.3 Å². The number of pyridine rings is 1. The van der Waals surface area contributed by atoms with Crippen molar-refractivity contribution in [2.24, 2.45) is 13.0 Å². The smallest absolute Gasteiger partial charge is 0.227 e. The molecule has 42 heavy (non-hydrogen) atoms. The number of fused-ring (bicyclic) bond motifs is 4. The number of hydrogen-bond acceptors (Lipinski definition) is 6. The molecule has 6 rings (SSSR count). The number of aromatic nitrogens is 5. The summed E-state index contributed by atoms with van der Waals surface area (Å²) in [6.07, 6.45) is 8.16. The van der Waals surface area contributed by atoms with Crippen LogP contribution in [0.1, 0.15) is 43.4 Å². The third-order valence-corrected chi connectivity index (χ3v) is 8.05. The minimum Gasteiger partial charge on any atom is -0.464 e. The zero-order valence-electron chi connectivity index (χ0n) is 22.6. The lowest BCUT2D eigenvalue weighted by atomic mass is 9.88. The molecule has 214 valence electrons. The summed E-state index contributed by atoms with van der Waals surface area (Å²) >= 11 is 12.0. The molecule has 5 aromatic rings. The van der Waals surface area contributed by atoms with Crippen molar-refractivity contribution in [3.8, 4) is 28.3 Å². The summed E-state index contributed by atoms with van der Waals surface area (Å²) in [6, 6.07) is 9.83. The van der Waals surface area contributed by atoms with Gasteiger partial charge in [0.15, 0.2) is 16.4 Å². The van der Waals surface area contributed by atoms with Crippen molar-refractivity contribution in [2.45, 2.75) is 32.1 Å². The Kier molecular flexibility index (Phi) is 7.42. The van der Waals surface area contributed by atoms with Crippen LogP contribution in [0, 0.1) is 11.7 Å². The van der Waals surface area contributed by atoms with Gasteiger partial charge in [0.25, 0.3) is 0 Å². The minimum atomic E-state index is -0.775. The van der Waals surface area contributed by atoms with Crippen LogP contribution in [-0.4, -0.2) is 30.5 Å². The maximum absolute atomic E-state index is 15.4. The van der Waals surface area contributed by atoms with Gasteiger partial charge in [0, 0.05) is 54.2 Å². The Morgan fingerprint density at radius 1 is 1.12 bits per heavy atom. The largest absolute Gasteiger partial charge is 0.464 e. The normalized spacial score (nSPS) is 17.2. The highest BCUT2D eigenvalue weighted by molar-refractivity contribution is 6.31. The van der Waals surface area contributed by atoms with Gasteiger partial charge in [0.2, 0.25) is 5.91 Å².